The number of halogens is 2. The fourth-order valence-corrected chi connectivity index (χ4v) is 2.40. The summed E-state index contributed by atoms with van der Waals surface area (Å²) < 4.78 is 37.7. The highest BCUT2D eigenvalue weighted by Gasteiger charge is 2.27. The van der Waals surface area contributed by atoms with Crippen molar-refractivity contribution < 1.29 is 28.2 Å². The standard InChI is InChI=1S/C14H17F2NO4/c1-20-12-3-2-11(15)14(16)10(12)7-17-4-5-21-8-9(17)6-13(18)19/h2-3,9H,4-8H2,1H3,(H,18,19). The van der Waals surface area contributed by atoms with Gasteiger partial charge in [0.2, 0.25) is 0 Å². The molecule has 0 spiro atoms. The lowest BCUT2D eigenvalue weighted by molar-refractivity contribution is -0.140. The number of morpholine rings is 1. The molecule has 0 amide bonds. The molecule has 21 heavy (non-hydrogen) atoms. The van der Waals surface area contributed by atoms with Crippen LogP contribution in [0.5, 0.6) is 5.75 Å². The van der Waals surface area contributed by atoms with E-state index >= 15 is 0 Å². The molecule has 0 aromatic heterocycles. The molecule has 1 aromatic rings. The number of ether oxygens (including phenoxy) is 2. The molecule has 1 heterocycles. The highest BCUT2D eigenvalue weighted by Crippen LogP contribution is 2.26. The molecule has 0 saturated carbocycles. The fourth-order valence-electron chi connectivity index (χ4n) is 2.40. The van der Waals surface area contributed by atoms with Crippen LogP contribution in [0.2, 0.25) is 0 Å². The van der Waals surface area contributed by atoms with Gasteiger partial charge in [-0.2, -0.15) is 0 Å². The minimum atomic E-state index is -0.963. The van der Waals surface area contributed by atoms with Gasteiger partial charge in [0.1, 0.15) is 5.75 Å². The van der Waals surface area contributed by atoms with E-state index in [-0.39, 0.29) is 36.9 Å². The van der Waals surface area contributed by atoms with Gasteiger partial charge in [0, 0.05) is 24.7 Å². The molecule has 1 unspecified atom stereocenters. The van der Waals surface area contributed by atoms with Crippen LogP contribution in [0.4, 0.5) is 8.78 Å². The summed E-state index contributed by atoms with van der Waals surface area (Å²) in [6, 6.07) is 2.00. The van der Waals surface area contributed by atoms with Crippen molar-refractivity contribution in [1.82, 2.24) is 4.90 Å². The van der Waals surface area contributed by atoms with Crippen LogP contribution < -0.4 is 4.74 Å². The van der Waals surface area contributed by atoms with Crippen molar-refractivity contribution >= 4 is 5.97 Å². The van der Waals surface area contributed by atoms with Crippen LogP contribution in [-0.4, -0.2) is 48.9 Å². The molecule has 1 aliphatic rings. The van der Waals surface area contributed by atoms with Crippen molar-refractivity contribution in [3.05, 3.63) is 29.3 Å². The van der Waals surface area contributed by atoms with E-state index in [0.717, 1.165) is 6.07 Å². The van der Waals surface area contributed by atoms with Crippen LogP contribution in [0.15, 0.2) is 12.1 Å². The third-order valence-corrected chi connectivity index (χ3v) is 3.49. The second-order valence-electron chi connectivity index (χ2n) is 4.84. The Balaban J connectivity index is 2.22. The van der Waals surface area contributed by atoms with E-state index in [1.165, 1.54) is 13.2 Å². The molecular formula is C14H17F2NO4. The highest BCUT2D eigenvalue weighted by atomic mass is 19.2. The lowest BCUT2D eigenvalue weighted by Crippen LogP contribution is -2.46. The first-order chi connectivity index (χ1) is 10.0. The SMILES string of the molecule is COc1ccc(F)c(F)c1CN1CCOCC1CC(=O)O. The molecule has 1 fully saturated rings. The number of benzene rings is 1. The van der Waals surface area contributed by atoms with Crippen molar-refractivity contribution in [1.29, 1.82) is 0 Å². The Morgan fingerprint density at radius 1 is 1.52 bits per heavy atom. The molecule has 2 rings (SSSR count). The average molecular weight is 301 g/mol. The minimum Gasteiger partial charge on any atom is -0.496 e. The Hall–Kier alpha value is -1.73. The normalized spacial score (nSPS) is 19.5. The Labute approximate surface area is 121 Å². The molecule has 0 aliphatic carbocycles. The summed E-state index contributed by atoms with van der Waals surface area (Å²) >= 11 is 0. The Morgan fingerprint density at radius 2 is 2.29 bits per heavy atom. The maximum absolute atomic E-state index is 14.0. The van der Waals surface area contributed by atoms with Crippen molar-refractivity contribution in [3.8, 4) is 5.75 Å². The molecule has 0 radical (unpaired) electrons. The number of carbonyl (C=O) groups is 1. The number of hydrogen-bond acceptors (Lipinski definition) is 4. The maximum Gasteiger partial charge on any atom is 0.305 e. The second kappa shape index (κ2) is 6.82. The van der Waals surface area contributed by atoms with Crippen LogP contribution in [0.1, 0.15) is 12.0 Å². The Morgan fingerprint density at radius 3 is 2.95 bits per heavy atom. The molecule has 116 valence electrons. The summed E-state index contributed by atoms with van der Waals surface area (Å²) in [5, 5.41) is 8.91. The summed E-state index contributed by atoms with van der Waals surface area (Å²) in [5.41, 5.74) is 0.0924. The summed E-state index contributed by atoms with van der Waals surface area (Å²) in [5.74, 6) is -2.62. The van der Waals surface area contributed by atoms with Gasteiger partial charge >= 0.3 is 5.97 Å². The van der Waals surface area contributed by atoms with Gasteiger partial charge in [-0.25, -0.2) is 8.78 Å². The zero-order valence-corrected chi connectivity index (χ0v) is 11.6. The van der Waals surface area contributed by atoms with Crippen molar-refractivity contribution in [2.75, 3.05) is 26.9 Å². The van der Waals surface area contributed by atoms with E-state index < -0.39 is 17.6 Å². The summed E-state index contributed by atoms with van der Waals surface area (Å²) in [6.07, 6.45) is -0.112. The van der Waals surface area contributed by atoms with Crippen molar-refractivity contribution in [3.63, 3.8) is 0 Å². The lowest BCUT2D eigenvalue weighted by atomic mass is 10.1. The van der Waals surface area contributed by atoms with Crippen molar-refractivity contribution in [2.24, 2.45) is 0 Å². The monoisotopic (exact) mass is 301 g/mol. The molecule has 1 N–H and O–H groups in total. The number of carboxylic acids is 1. The smallest absolute Gasteiger partial charge is 0.305 e. The van der Waals surface area contributed by atoms with E-state index in [0.29, 0.717) is 13.2 Å². The predicted octanol–water partition coefficient (Wildman–Crippen LogP) is 1.65. The van der Waals surface area contributed by atoms with Crippen LogP contribution in [0.3, 0.4) is 0 Å². The molecule has 7 heteroatoms. The number of methoxy groups -OCH3 is 1. The number of aliphatic carboxylic acids is 1. The first-order valence-corrected chi connectivity index (χ1v) is 6.57. The van der Waals surface area contributed by atoms with Crippen LogP contribution >= 0.6 is 0 Å². The van der Waals surface area contributed by atoms with E-state index in [1.807, 2.05) is 0 Å². The number of nitrogens with zero attached hydrogens (tertiary/aromatic N) is 1. The van der Waals surface area contributed by atoms with E-state index in [4.69, 9.17) is 14.6 Å². The van der Waals surface area contributed by atoms with Gasteiger partial charge in [0.25, 0.3) is 0 Å². The predicted molar refractivity (Wildman–Crippen MR) is 70.2 cm³/mol. The Bertz CT molecular complexity index is 524. The fraction of sp³-hybridized carbons (Fsp3) is 0.500. The lowest BCUT2D eigenvalue weighted by Gasteiger charge is -2.35. The summed E-state index contributed by atoms with van der Waals surface area (Å²) in [4.78, 5) is 12.6. The van der Waals surface area contributed by atoms with Crippen LogP contribution in [0, 0.1) is 11.6 Å². The average Bonchev–Trinajstić information content (AvgIpc) is 2.45. The first-order valence-electron chi connectivity index (χ1n) is 6.57. The molecule has 1 atom stereocenters. The number of hydrogen-bond donors (Lipinski definition) is 1. The molecule has 1 aromatic carbocycles. The zero-order valence-electron chi connectivity index (χ0n) is 11.6. The quantitative estimate of drug-likeness (QED) is 0.896. The van der Waals surface area contributed by atoms with Crippen LogP contribution in [0.25, 0.3) is 0 Å². The number of carboxylic acid groups (broad SMARTS) is 1. The van der Waals surface area contributed by atoms with Gasteiger partial charge in [-0.3, -0.25) is 9.69 Å². The van der Waals surface area contributed by atoms with Gasteiger partial charge in [-0.1, -0.05) is 0 Å². The third-order valence-electron chi connectivity index (χ3n) is 3.49. The van der Waals surface area contributed by atoms with Gasteiger partial charge in [-0.05, 0) is 12.1 Å². The maximum atomic E-state index is 14.0. The molecule has 1 saturated heterocycles. The van der Waals surface area contributed by atoms with Gasteiger partial charge in [0.05, 0.1) is 26.7 Å². The first kappa shape index (κ1) is 15.7. The van der Waals surface area contributed by atoms with Crippen LogP contribution in [-0.2, 0) is 16.1 Å². The third kappa shape index (κ3) is 3.68. The van der Waals surface area contributed by atoms with Crippen molar-refractivity contribution in [2.45, 2.75) is 19.0 Å². The van der Waals surface area contributed by atoms with Gasteiger partial charge in [0.15, 0.2) is 11.6 Å². The summed E-state index contributed by atoms with van der Waals surface area (Å²) in [6.45, 7) is 1.21. The highest BCUT2D eigenvalue weighted by molar-refractivity contribution is 5.67. The summed E-state index contributed by atoms with van der Waals surface area (Å²) in [7, 11) is 1.38. The van der Waals surface area contributed by atoms with E-state index in [1.54, 1.807) is 4.90 Å². The molecule has 0 bridgehead atoms. The minimum absolute atomic E-state index is 0.0775. The van der Waals surface area contributed by atoms with Gasteiger partial charge in [-0.15, -0.1) is 0 Å². The number of rotatable bonds is 5. The molecular weight excluding hydrogens is 284 g/mol. The molecule has 5 nitrogen and oxygen atoms in total. The second-order valence-corrected chi connectivity index (χ2v) is 4.84. The van der Waals surface area contributed by atoms with E-state index in [9.17, 15) is 13.6 Å². The Kier molecular flexibility index (Phi) is 5.08. The van der Waals surface area contributed by atoms with E-state index in [2.05, 4.69) is 0 Å². The molecule has 1 aliphatic heterocycles. The largest absolute Gasteiger partial charge is 0.496 e. The van der Waals surface area contributed by atoms with Gasteiger partial charge < -0.3 is 14.6 Å². The zero-order chi connectivity index (χ0) is 15.4. The topological polar surface area (TPSA) is 59.0 Å².